The van der Waals surface area contributed by atoms with E-state index in [1.807, 2.05) is 54.7 Å². The molecule has 1 aliphatic heterocycles. The van der Waals surface area contributed by atoms with Crippen LogP contribution < -0.4 is 19.6 Å². The van der Waals surface area contributed by atoms with Crippen LogP contribution in [0, 0.1) is 0 Å². The van der Waals surface area contributed by atoms with Gasteiger partial charge in [-0.1, -0.05) is 12.1 Å². The third kappa shape index (κ3) is 8.66. The van der Waals surface area contributed by atoms with Crippen molar-refractivity contribution in [3.8, 4) is 17.2 Å². The lowest BCUT2D eigenvalue weighted by atomic mass is 10.2. The normalized spacial score (nSPS) is 13.6. The van der Waals surface area contributed by atoms with Crippen LogP contribution in [-0.4, -0.2) is 56.0 Å². The topological polar surface area (TPSA) is 95.5 Å². The summed E-state index contributed by atoms with van der Waals surface area (Å²) in [4.78, 5) is 23.7. The van der Waals surface area contributed by atoms with E-state index in [9.17, 15) is 9.59 Å². The number of carbonyl (C=O) groups excluding carboxylic acids is 2. The molecule has 1 fully saturated rings. The fraction of sp³-hybridized carbons (Fsp3) is 0.375. The predicted molar refractivity (Wildman–Crippen MR) is 143 cm³/mol. The minimum atomic E-state index is -0.472. The van der Waals surface area contributed by atoms with Gasteiger partial charge in [-0.05, 0) is 65.2 Å². The first-order valence-corrected chi connectivity index (χ1v) is 13.9. The van der Waals surface area contributed by atoms with E-state index < -0.39 is 5.97 Å². The van der Waals surface area contributed by atoms with Crippen LogP contribution in [0.1, 0.15) is 29.6 Å². The summed E-state index contributed by atoms with van der Waals surface area (Å²) in [5.41, 5.74) is 4.36. The first-order valence-electron chi connectivity index (χ1n) is 11.0. The quantitative estimate of drug-likeness (QED) is 0.217. The number of halogens is 1. The fourth-order valence-electron chi connectivity index (χ4n) is 3.03. The molecule has 8 nitrogen and oxygen atoms in total. The van der Waals surface area contributed by atoms with Crippen LogP contribution in [0.15, 0.2) is 46.0 Å². The summed E-state index contributed by atoms with van der Waals surface area (Å²) in [5, 5.41) is 3.99. The number of thioether (sulfide) groups is 2. The highest BCUT2D eigenvalue weighted by atomic mass is 79.9. The van der Waals surface area contributed by atoms with Gasteiger partial charge in [-0.15, -0.1) is 23.5 Å². The number of nitrogens with one attached hydrogen (secondary N) is 1. The average Bonchev–Trinajstić information content (AvgIpc) is 3.38. The largest absolute Gasteiger partial charge is 0.490 e. The van der Waals surface area contributed by atoms with Gasteiger partial charge in [0.25, 0.3) is 5.91 Å². The second kappa shape index (κ2) is 14.3. The van der Waals surface area contributed by atoms with E-state index in [1.54, 1.807) is 19.1 Å². The maximum atomic E-state index is 12.1. The molecule has 0 aromatic heterocycles. The molecular weight excluding hydrogens is 556 g/mol. The van der Waals surface area contributed by atoms with Crippen LogP contribution >= 0.6 is 39.5 Å². The molecule has 1 heterocycles. The lowest BCUT2D eigenvalue weighted by molar-refractivity contribution is -0.145. The van der Waals surface area contributed by atoms with Gasteiger partial charge >= 0.3 is 5.97 Å². The van der Waals surface area contributed by atoms with Gasteiger partial charge in [-0.25, -0.2) is 10.2 Å². The third-order valence-electron chi connectivity index (χ3n) is 4.52. The molecule has 0 spiro atoms. The van der Waals surface area contributed by atoms with Gasteiger partial charge in [-0.3, -0.25) is 4.79 Å². The first-order chi connectivity index (χ1) is 17.0. The summed E-state index contributed by atoms with van der Waals surface area (Å²) in [6.45, 7) is 3.85. The summed E-state index contributed by atoms with van der Waals surface area (Å²) in [5.74, 6) is 2.93. The fourth-order valence-corrected chi connectivity index (χ4v) is 6.46. The van der Waals surface area contributed by atoms with Crippen LogP contribution in [0.5, 0.6) is 17.2 Å². The Balaban J connectivity index is 1.51. The second-order valence-electron chi connectivity index (χ2n) is 7.08. The molecule has 0 atom stereocenters. The van der Waals surface area contributed by atoms with Gasteiger partial charge in [0.1, 0.15) is 5.75 Å². The van der Waals surface area contributed by atoms with Gasteiger partial charge in [-0.2, -0.15) is 5.10 Å². The van der Waals surface area contributed by atoms with Crippen molar-refractivity contribution in [2.45, 2.75) is 18.4 Å². The van der Waals surface area contributed by atoms with Gasteiger partial charge in [0.05, 0.1) is 28.5 Å². The Hall–Kier alpha value is -2.37. The van der Waals surface area contributed by atoms with E-state index >= 15 is 0 Å². The Kier molecular flexibility index (Phi) is 11.1. The molecule has 0 aliphatic carbocycles. The van der Waals surface area contributed by atoms with E-state index in [2.05, 4.69) is 26.5 Å². The third-order valence-corrected chi connectivity index (χ3v) is 8.21. The number of hydrazone groups is 1. The summed E-state index contributed by atoms with van der Waals surface area (Å²) in [7, 11) is 0. The molecular formula is C24H27BrN2O6S2. The standard InChI is InChI=1S/C24H27BrN2O6S2/c1-3-30-20-12-16(11-19(25)23(20)33-15-22(29)31-4-2)13-26-27-21(28)14-32-18-7-5-17(6-8-18)24-34-9-10-35-24/h5-8,11-13,24H,3-4,9-10,14-15H2,1-2H3,(H,27,28)/b26-13-. The molecule has 188 valence electrons. The van der Waals surface area contributed by atoms with Crippen molar-refractivity contribution < 1.29 is 28.5 Å². The minimum Gasteiger partial charge on any atom is -0.490 e. The summed E-state index contributed by atoms with van der Waals surface area (Å²) in [6, 6.07) is 11.3. The Morgan fingerprint density at radius 2 is 1.80 bits per heavy atom. The monoisotopic (exact) mass is 582 g/mol. The smallest absolute Gasteiger partial charge is 0.344 e. The van der Waals surface area contributed by atoms with Crippen molar-refractivity contribution in [1.82, 2.24) is 5.43 Å². The molecule has 11 heteroatoms. The summed E-state index contributed by atoms with van der Waals surface area (Å²) >= 11 is 7.31. The number of rotatable bonds is 12. The van der Waals surface area contributed by atoms with Crippen molar-refractivity contribution in [3.05, 3.63) is 52.0 Å². The second-order valence-corrected chi connectivity index (χ2v) is 10.7. The number of nitrogens with zero attached hydrogens (tertiary/aromatic N) is 1. The van der Waals surface area contributed by atoms with Gasteiger partial charge < -0.3 is 18.9 Å². The van der Waals surface area contributed by atoms with Crippen molar-refractivity contribution in [2.75, 3.05) is 37.9 Å². The van der Waals surface area contributed by atoms with Gasteiger partial charge in [0.15, 0.2) is 24.7 Å². The molecule has 1 aliphatic rings. The number of benzene rings is 2. The van der Waals surface area contributed by atoms with E-state index in [-0.39, 0.29) is 25.7 Å². The predicted octanol–water partition coefficient (Wildman–Crippen LogP) is 4.80. The van der Waals surface area contributed by atoms with E-state index in [0.29, 0.717) is 38.5 Å². The van der Waals surface area contributed by atoms with E-state index in [1.165, 1.54) is 23.3 Å². The molecule has 2 aromatic rings. The van der Waals surface area contributed by atoms with Crippen LogP contribution in [-0.2, 0) is 14.3 Å². The Bertz CT molecular complexity index is 1030. The lowest BCUT2D eigenvalue weighted by Crippen LogP contribution is -2.24. The molecule has 35 heavy (non-hydrogen) atoms. The molecule has 1 saturated heterocycles. The Morgan fingerprint density at radius 1 is 1.06 bits per heavy atom. The van der Waals surface area contributed by atoms with Crippen molar-refractivity contribution in [3.63, 3.8) is 0 Å². The number of ether oxygens (including phenoxy) is 4. The van der Waals surface area contributed by atoms with Crippen molar-refractivity contribution in [2.24, 2.45) is 5.10 Å². The molecule has 1 amide bonds. The molecule has 0 bridgehead atoms. The Labute approximate surface area is 221 Å². The molecule has 1 N–H and O–H groups in total. The lowest BCUT2D eigenvalue weighted by Gasteiger charge is -2.14. The Morgan fingerprint density at radius 3 is 2.49 bits per heavy atom. The highest BCUT2D eigenvalue weighted by Gasteiger charge is 2.18. The minimum absolute atomic E-state index is 0.155. The van der Waals surface area contributed by atoms with Crippen LogP contribution in [0.25, 0.3) is 0 Å². The number of hydrogen-bond donors (Lipinski definition) is 1. The summed E-state index contributed by atoms with van der Waals surface area (Å²) in [6.07, 6.45) is 1.48. The highest BCUT2D eigenvalue weighted by Crippen LogP contribution is 2.45. The molecule has 2 aromatic carbocycles. The molecule has 0 radical (unpaired) electrons. The van der Waals surface area contributed by atoms with Crippen LogP contribution in [0.3, 0.4) is 0 Å². The number of hydrogen-bond acceptors (Lipinski definition) is 9. The number of amides is 1. The van der Waals surface area contributed by atoms with Crippen molar-refractivity contribution in [1.29, 1.82) is 0 Å². The van der Waals surface area contributed by atoms with Crippen LogP contribution in [0.2, 0.25) is 0 Å². The first kappa shape index (κ1) is 27.2. The zero-order valence-electron chi connectivity index (χ0n) is 19.5. The number of carbonyl (C=O) groups is 2. The highest BCUT2D eigenvalue weighted by molar-refractivity contribution is 9.10. The maximum Gasteiger partial charge on any atom is 0.344 e. The molecule has 0 unspecified atom stereocenters. The maximum absolute atomic E-state index is 12.1. The van der Waals surface area contributed by atoms with Crippen LogP contribution in [0.4, 0.5) is 0 Å². The summed E-state index contributed by atoms with van der Waals surface area (Å²) < 4.78 is 22.7. The van der Waals surface area contributed by atoms with Crippen molar-refractivity contribution >= 4 is 57.5 Å². The van der Waals surface area contributed by atoms with E-state index in [4.69, 9.17) is 18.9 Å². The zero-order chi connectivity index (χ0) is 25.0. The number of esters is 1. The van der Waals surface area contributed by atoms with Gasteiger partial charge in [0, 0.05) is 11.5 Å². The van der Waals surface area contributed by atoms with Gasteiger partial charge in [0.2, 0.25) is 0 Å². The average molecular weight is 584 g/mol. The molecule has 0 saturated carbocycles. The molecule has 3 rings (SSSR count). The van der Waals surface area contributed by atoms with E-state index in [0.717, 1.165) is 0 Å². The zero-order valence-corrected chi connectivity index (χ0v) is 22.7. The SMILES string of the molecule is CCOC(=O)COc1c(Br)cc(/C=N\NC(=O)COc2ccc(C3SCCS3)cc2)cc1OCC.